The Morgan fingerprint density at radius 3 is 2.43 bits per heavy atom. The van der Waals surface area contributed by atoms with E-state index in [1.165, 1.54) is 6.07 Å². The quantitative estimate of drug-likeness (QED) is 0.762. The van der Waals surface area contributed by atoms with Crippen molar-refractivity contribution in [1.82, 2.24) is 0 Å². The zero-order valence-electron chi connectivity index (χ0n) is 11.7. The first-order valence-electron chi connectivity index (χ1n) is 6.32. The summed E-state index contributed by atoms with van der Waals surface area (Å²) in [6, 6.07) is 10.4. The number of halogens is 2. The minimum Gasteiger partial charge on any atom is -0.293 e. The highest BCUT2D eigenvalue weighted by Crippen LogP contribution is 2.23. The number of benzene rings is 2. The molecule has 0 radical (unpaired) electrons. The Bertz CT molecular complexity index is 726. The van der Waals surface area contributed by atoms with Gasteiger partial charge in [-0.3, -0.25) is 9.00 Å². The van der Waals surface area contributed by atoms with Gasteiger partial charge in [0.2, 0.25) is 0 Å². The van der Waals surface area contributed by atoms with Gasteiger partial charge in [-0.15, -0.1) is 0 Å². The molecule has 5 heteroatoms. The summed E-state index contributed by atoms with van der Waals surface area (Å²) in [6.45, 7) is 3.82. The van der Waals surface area contributed by atoms with Crippen molar-refractivity contribution in [2.45, 2.75) is 18.7 Å². The largest absolute Gasteiger partial charge is 0.293 e. The third kappa shape index (κ3) is 3.94. The zero-order chi connectivity index (χ0) is 15.6. The summed E-state index contributed by atoms with van der Waals surface area (Å²) in [4.78, 5) is 12.9. The zero-order valence-corrected chi connectivity index (χ0v) is 14.0. The molecular formula is C16H14Cl2O2S. The van der Waals surface area contributed by atoms with E-state index >= 15 is 0 Å². The number of carbonyl (C=O) groups excluding carboxylic acids is 1. The molecule has 2 aromatic carbocycles. The summed E-state index contributed by atoms with van der Waals surface area (Å²) in [5, 5.41) is 0.712. The van der Waals surface area contributed by atoms with E-state index < -0.39 is 10.8 Å². The molecule has 1 atom stereocenters. The highest BCUT2D eigenvalue weighted by Gasteiger charge is 2.15. The van der Waals surface area contributed by atoms with Crippen LogP contribution in [0.2, 0.25) is 10.0 Å². The molecule has 110 valence electrons. The smallest absolute Gasteiger partial charge is 0.175 e. The van der Waals surface area contributed by atoms with E-state index in [9.17, 15) is 9.00 Å². The number of Topliss-reactive ketones (excluding diaryl/α,β-unsaturated/α-hetero) is 1. The molecule has 0 saturated carbocycles. The molecule has 0 aliphatic heterocycles. The number of hydrogen-bond acceptors (Lipinski definition) is 2. The highest BCUT2D eigenvalue weighted by atomic mass is 35.5. The fraction of sp³-hybridized carbons (Fsp3) is 0.188. The van der Waals surface area contributed by atoms with Crippen LogP contribution < -0.4 is 0 Å². The Balaban J connectivity index is 2.20. The average molecular weight is 341 g/mol. The summed E-state index contributed by atoms with van der Waals surface area (Å²) in [7, 11) is -1.37. The Kier molecular flexibility index (Phi) is 5.20. The maximum absolute atomic E-state index is 12.4. The molecule has 2 aromatic rings. The SMILES string of the molecule is Cc1ccc(C)c(S(=O)CC(=O)c2ccc(Cl)c(Cl)c2)c1. The summed E-state index contributed by atoms with van der Waals surface area (Å²) in [5.41, 5.74) is 2.36. The van der Waals surface area contributed by atoms with Crippen LogP contribution in [0.25, 0.3) is 0 Å². The van der Waals surface area contributed by atoms with E-state index in [0.29, 0.717) is 20.5 Å². The van der Waals surface area contributed by atoms with Gasteiger partial charge in [0, 0.05) is 10.5 Å². The molecule has 0 fully saturated rings. The summed E-state index contributed by atoms with van der Waals surface area (Å²) < 4.78 is 12.4. The van der Waals surface area contributed by atoms with Crippen molar-refractivity contribution >= 4 is 39.8 Å². The second kappa shape index (κ2) is 6.73. The van der Waals surface area contributed by atoms with Gasteiger partial charge in [0.25, 0.3) is 0 Å². The lowest BCUT2D eigenvalue weighted by Gasteiger charge is -2.07. The standard InChI is InChI=1S/C16H14Cl2O2S/c1-10-3-4-11(2)16(7-10)21(20)9-15(19)12-5-6-13(17)14(18)8-12/h3-8H,9H2,1-2H3. The summed E-state index contributed by atoms with van der Waals surface area (Å²) in [6.07, 6.45) is 0. The van der Waals surface area contributed by atoms with Crippen molar-refractivity contribution in [3.8, 4) is 0 Å². The Morgan fingerprint density at radius 1 is 1.05 bits per heavy atom. The maximum atomic E-state index is 12.4. The fourth-order valence-electron chi connectivity index (χ4n) is 1.90. The third-order valence-corrected chi connectivity index (χ3v) is 5.29. The maximum Gasteiger partial charge on any atom is 0.175 e. The van der Waals surface area contributed by atoms with Crippen LogP contribution in [0.5, 0.6) is 0 Å². The molecule has 2 nitrogen and oxygen atoms in total. The topological polar surface area (TPSA) is 34.1 Å². The molecule has 1 unspecified atom stereocenters. The monoisotopic (exact) mass is 340 g/mol. The number of carbonyl (C=O) groups is 1. The Labute approximate surface area is 136 Å². The van der Waals surface area contributed by atoms with Gasteiger partial charge in [0.1, 0.15) is 0 Å². The second-order valence-electron chi connectivity index (χ2n) is 4.81. The van der Waals surface area contributed by atoms with Crippen LogP contribution in [0.1, 0.15) is 21.5 Å². The van der Waals surface area contributed by atoms with Crippen LogP contribution >= 0.6 is 23.2 Å². The van der Waals surface area contributed by atoms with Crippen LogP contribution in [-0.4, -0.2) is 15.7 Å². The number of aryl methyl sites for hydroxylation is 2. The molecule has 0 saturated heterocycles. The van der Waals surface area contributed by atoms with E-state index in [1.807, 2.05) is 32.0 Å². The molecular weight excluding hydrogens is 327 g/mol. The first kappa shape index (κ1) is 16.2. The van der Waals surface area contributed by atoms with Crippen molar-refractivity contribution in [3.05, 3.63) is 63.1 Å². The predicted octanol–water partition coefficient (Wildman–Crippen LogP) is 4.60. The number of hydrogen-bond donors (Lipinski definition) is 0. The van der Waals surface area contributed by atoms with Crippen LogP contribution in [0.4, 0.5) is 0 Å². The average Bonchev–Trinajstić information content (AvgIpc) is 2.44. The lowest BCUT2D eigenvalue weighted by molar-refractivity contribution is 0.102. The fourth-order valence-corrected chi connectivity index (χ4v) is 3.51. The van der Waals surface area contributed by atoms with Crippen LogP contribution in [0, 0.1) is 13.8 Å². The van der Waals surface area contributed by atoms with Gasteiger partial charge in [-0.2, -0.15) is 0 Å². The predicted molar refractivity (Wildman–Crippen MR) is 88.0 cm³/mol. The number of ketones is 1. The van der Waals surface area contributed by atoms with Crippen LogP contribution in [0.3, 0.4) is 0 Å². The van der Waals surface area contributed by atoms with Crippen molar-refractivity contribution < 1.29 is 9.00 Å². The van der Waals surface area contributed by atoms with E-state index in [-0.39, 0.29) is 11.5 Å². The van der Waals surface area contributed by atoms with Gasteiger partial charge in [0.05, 0.1) is 26.6 Å². The molecule has 0 aliphatic rings. The van der Waals surface area contributed by atoms with Crippen molar-refractivity contribution in [1.29, 1.82) is 0 Å². The molecule has 0 aliphatic carbocycles. The molecule has 21 heavy (non-hydrogen) atoms. The second-order valence-corrected chi connectivity index (χ2v) is 7.04. The first-order chi connectivity index (χ1) is 9.88. The molecule has 0 N–H and O–H groups in total. The van der Waals surface area contributed by atoms with E-state index in [1.54, 1.807) is 12.1 Å². The minimum absolute atomic E-state index is 0.0672. The van der Waals surface area contributed by atoms with Crippen molar-refractivity contribution in [3.63, 3.8) is 0 Å². The van der Waals surface area contributed by atoms with Crippen molar-refractivity contribution in [2.75, 3.05) is 5.75 Å². The molecule has 0 bridgehead atoms. The Morgan fingerprint density at radius 2 is 1.76 bits per heavy atom. The molecule has 0 spiro atoms. The van der Waals surface area contributed by atoms with Gasteiger partial charge >= 0.3 is 0 Å². The van der Waals surface area contributed by atoms with E-state index in [4.69, 9.17) is 23.2 Å². The highest BCUT2D eigenvalue weighted by molar-refractivity contribution is 7.85. The number of rotatable bonds is 4. The van der Waals surface area contributed by atoms with Crippen molar-refractivity contribution in [2.24, 2.45) is 0 Å². The van der Waals surface area contributed by atoms with Gasteiger partial charge in [0.15, 0.2) is 5.78 Å². The molecule has 0 heterocycles. The van der Waals surface area contributed by atoms with E-state index in [0.717, 1.165) is 11.1 Å². The lowest BCUT2D eigenvalue weighted by atomic mass is 10.1. The summed E-state index contributed by atoms with van der Waals surface area (Å²) in [5.74, 6) is -0.282. The van der Waals surface area contributed by atoms with Gasteiger partial charge < -0.3 is 0 Å². The Hall–Kier alpha value is -1.16. The van der Waals surface area contributed by atoms with Crippen LogP contribution in [-0.2, 0) is 10.8 Å². The molecule has 0 amide bonds. The first-order valence-corrected chi connectivity index (χ1v) is 8.40. The summed E-state index contributed by atoms with van der Waals surface area (Å²) >= 11 is 11.7. The minimum atomic E-state index is -1.37. The van der Waals surface area contributed by atoms with Gasteiger partial charge in [-0.05, 0) is 49.2 Å². The molecule has 2 rings (SSSR count). The normalized spacial score (nSPS) is 12.2. The van der Waals surface area contributed by atoms with Crippen LogP contribution in [0.15, 0.2) is 41.3 Å². The lowest BCUT2D eigenvalue weighted by Crippen LogP contribution is -2.12. The van der Waals surface area contributed by atoms with E-state index in [2.05, 4.69) is 0 Å². The third-order valence-electron chi connectivity index (χ3n) is 3.09. The molecule has 0 aromatic heterocycles. The van der Waals surface area contributed by atoms with Gasteiger partial charge in [-0.25, -0.2) is 0 Å². The van der Waals surface area contributed by atoms with Gasteiger partial charge in [-0.1, -0.05) is 35.3 Å².